The smallest absolute Gasteiger partial charge is 0.223 e. The maximum atomic E-state index is 14.2. The van der Waals surface area contributed by atoms with E-state index in [1.807, 2.05) is 0 Å². The predicted octanol–water partition coefficient (Wildman–Crippen LogP) is 2.70. The third kappa shape index (κ3) is 3.18. The number of benzene rings is 2. The Labute approximate surface area is 143 Å². The second-order valence-electron chi connectivity index (χ2n) is 5.30. The number of sulfone groups is 1. The Bertz CT molecular complexity index is 982. The van der Waals surface area contributed by atoms with Crippen molar-refractivity contribution in [1.29, 1.82) is 0 Å². The van der Waals surface area contributed by atoms with Crippen LogP contribution < -0.4 is 5.32 Å². The molecule has 8 heteroatoms. The van der Waals surface area contributed by atoms with Gasteiger partial charge >= 0.3 is 0 Å². The van der Waals surface area contributed by atoms with E-state index in [4.69, 9.17) is 0 Å². The van der Waals surface area contributed by atoms with Gasteiger partial charge < -0.3 is 5.32 Å². The Kier molecular flexibility index (Phi) is 4.65. The molecule has 0 unspecified atom stereocenters. The number of hydrogen-bond donors (Lipinski definition) is 1. The summed E-state index contributed by atoms with van der Waals surface area (Å²) < 4.78 is 55.1. The molecule has 1 heterocycles. The van der Waals surface area contributed by atoms with Crippen LogP contribution in [0.2, 0.25) is 0 Å². The fourth-order valence-corrected chi connectivity index (χ4v) is 3.85. The fourth-order valence-electron chi connectivity index (χ4n) is 2.44. The molecule has 0 spiro atoms. The highest BCUT2D eigenvalue weighted by molar-refractivity contribution is 7.91. The van der Waals surface area contributed by atoms with Crippen molar-refractivity contribution in [3.05, 3.63) is 71.9 Å². The van der Waals surface area contributed by atoms with Gasteiger partial charge in [0.05, 0.1) is 10.6 Å². The van der Waals surface area contributed by atoms with E-state index in [1.54, 1.807) is 25.2 Å². The van der Waals surface area contributed by atoms with Crippen LogP contribution in [0.4, 0.5) is 8.78 Å². The summed E-state index contributed by atoms with van der Waals surface area (Å²) in [6, 6.07) is 12.3. The first-order valence-corrected chi connectivity index (χ1v) is 8.91. The standard InChI is InChI=1S/C17H15F2N3O2S/c1-20-11-12-10-16(25(23,24)13-6-3-2-4-7-13)22(21-12)17-14(18)8-5-9-15(17)19/h2-10,20H,11H2,1H3. The number of para-hydroxylation sites is 1. The third-order valence-electron chi connectivity index (χ3n) is 3.56. The summed E-state index contributed by atoms with van der Waals surface area (Å²) in [7, 11) is -2.35. The zero-order valence-corrected chi connectivity index (χ0v) is 14.1. The van der Waals surface area contributed by atoms with Crippen LogP contribution in [0.1, 0.15) is 5.69 Å². The number of halogens is 2. The van der Waals surface area contributed by atoms with Crippen LogP contribution in [0.5, 0.6) is 0 Å². The summed E-state index contributed by atoms with van der Waals surface area (Å²) in [6.45, 7) is 0.250. The average molecular weight is 363 g/mol. The summed E-state index contributed by atoms with van der Waals surface area (Å²) in [6.07, 6.45) is 0. The molecule has 3 aromatic rings. The molecule has 2 aromatic carbocycles. The number of aromatic nitrogens is 2. The number of nitrogens with one attached hydrogen (secondary N) is 1. The Balaban J connectivity index is 2.27. The molecule has 0 radical (unpaired) electrons. The minimum atomic E-state index is -4.01. The molecule has 0 amide bonds. The van der Waals surface area contributed by atoms with E-state index in [0.717, 1.165) is 16.8 Å². The van der Waals surface area contributed by atoms with Crippen molar-refractivity contribution in [2.24, 2.45) is 0 Å². The molecule has 25 heavy (non-hydrogen) atoms. The largest absolute Gasteiger partial charge is 0.314 e. The SMILES string of the molecule is CNCc1cc(S(=O)(=O)c2ccccc2)n(-c2c(F)cccc2F)n1. The molecule has 1 N–H and O–H groups in total. The van der Waals surface area contributed by atoms with Crippen molar-refractivity contribution < 1.29 is 17.2 Å². The normalized spacial score (nSPS) is 11.6. The molecule has 0 aliphatic rings. The lowest BCUT2D eigenvalue weighted by molar-refractivity contribution is 0.542. The van der Waals surface area contributed by atoms with Gasteiger partial charge in [-0.2, -0.15) is 5.10 Å². The van der Waals surface area contributed by atoms with Crippen molar-refractivity contribution >= 4 is 9.84 Å². The molecule has 0 atom stereocenters. The predicted molar refractivity (Wildman–Crippen MR) is 88.1 cm³/mol. The van der Waals surface area contributed by atoms with Crippen molar-refractivity contribution in [3.63, 3.8) is 0 Å². The van der Waals surface area contributed by atoms with E-state index in [-0.39, 0.29) is 16.5 Å². The lowest BCUT2D eigenvalue weighted by atomic mass is 10.3. The summed E-state index contributed by atoms with van der Waals surface area (Å²) in [5.74, 6) is -1.80. The van der Waals surface area contributed by atoms with Gasteiger partial charge in [0.2, 0.25) is 9.84 Å². The topological polar surface area (TPSA) is 64.0 Å². The molecule has 0 saturated carbocycles. The van der Waals surface area contributed by atoms with E-state index in [2.05, 4.69) is 10.4 Å². The first-order valence-electron chi connectivity index (χ1n) is 7.43. The van der Waals surface area contributed by atoms with Gasteiger partial charge in [0, 0.05) is 12.6 Å². The van der Waals surface area contributed by atoms with Crippen molar-refractivity contribution in [2.45, 2.75) is 16.5 Å². The third-order valence-corrected chi connectivity index (χ3v) is 5.30. The van der Waals surface area contributed by atoms with Crippen LogP contribution in [-0.4, -0.2) is 25.2 Å². The summed E-state index contributed by atoms with van der Waals surface area (Å²) in [5, 5.41) is 6.62. The Morgan fingerprint density at radius 1 is 1.04 bits per heavy atom. The first-order chi connectivity index (χ1) is 11.9. The average Bonchev–Trinajstić information content (AvgIpc) is 3.00. The van der Waals surface area contributed by atoms with Gasteiger partial charge in [-0.25, -0.2) is 21.9 Å². The molecule has 3 rings (SSSR count). The highest BCUT2D eigenvalue weighted by Gasteiger charge is 2.27. The van der Waals surface area contributed by atoms with Gasteiger partial charge in [-0.15, -0.1) is 0 Å². The zero-order chi connectivity index (χ0) is 18.0. The van der Waals surface area contributed by atoms with Crippen LogP contribution in [0.25, 0.3) is 5.69 Å². The number of hydrogen-bond acceptors (Lipinski definition) is 4. The van der Waals surface area contributed by atoms with Crippen LogP contribution in [0.15, 0.2) is 64.5 Å². The fraction of sp³-hybridized carbons (Fsp3) is 0.118. The van der Waals surface area contributed by atoms with Crippen molar-refractivity contribution in [3.8, 4) is 5.69 Å². The van der Waals surface area contributed by atoms with Gasteiger partial charge in [-0.3, -0.25) is 0 Å². The minimum absolute atomic E-state index is 0.0175. The van der Waals surface area contributed by atoms with Crippen LogP contribution >= 0.6 is 0 Å². The van der Waals surface area contributed by atoms with Gasteiger partial charge in [0.15, 0.2) is 16.7 Å². The number of nitrogens with zero attached hydrogens (tertiary/aromatic N) is 2. The second kappa shape index (κ2) is 6.73. The van der Waals surface area contributed by atoms with Crippen molar-refractivity contribution in [1.82, 2.24) is 15.1 Å². The summed E-state index contributed by atoms with van der Waals surface area (Å²) >= 11 is 0. The Morgan fingerprint density at radius 2 is 1.68 bits per heavy atom. The zero-order valence-electron chi connectivity index (χ0n) is 13.3. The van der Waals surface area contributed by atoms with Crippen LogP contribution in [-0.2, 0) is 16.4 Å². The molecule has 0 saturated heterocycles. The monoisotopic (exact) mass is 363 g/mol. The van der Waals surface area contributed by atoms with E-state index >= 15 is 0 Å². The maximum Gasteiger partial charge on any atom is 0.223 e. The van der Waals surface area contributed by atoms with Gasteiger partial charge in [0.25, 0.3) is 0 Å². The Morgan fingerprint density at radius 3 is 2.28 bits per heavy atom. The van der Waals surface area contributed by atoms with Crippen LogP contribution in [0, 0.1) is 11.6 Å². The highest BCUT2D eigenvalue weighted by Crippen LogP contribution is 2.27. The minimum Gasteiger partial charge on any atom is -0.314 e. The van der Waals surface area contributed by atoms with E-state index < -0.39 is 27.2 Å². The molecule has 130 valence electrons. The Hall–Kier alpha value is -2.58. The van der Waals surface area contributed by atoms with E-state index in [1.165, 1.54) is 24.3 Å². The lowest BCUT2D eigenvalue weighted by Gasteiger charge is -2.10. The lowest BCUT2D eigenvalue weighted by Crippen LogP contribution is -2.13. The molecule has 0 aliphatic heterocycles. The molecule has 0 bridgehead atoms. The first kappa shape index (κ1) is 17.2. The van der Waals surface area contributed by atoms with E-state index in [9.17, 15) is 17.2 Å². The summed E-state index contributed by atoms with van der Waals surface area (Å²) in [5.41, 5.74) is -0.181. The molecular weight excluding hydrogens is 348 g/mol. The molecule has 0 aliphatic carbocycles. The molecule has 5 nitrogen and oxygen atoms in total. The molecule has 0 fully saturated rings. The quantitative estimate of drug-likeness (QED) is 0.757. The highest BCUT2D eigenvalue weighted by atomic mass is 32.2. The molecule has 1 aromatic heterocycles. The van der Waals surface area contributed by atoms with Gasteiger partial charge in [-0.1, -0.05) is 24.3 Å². The second-order valence-corrected chi connectivity index (χ2v) is 7.20. The van der Waals surface area contributed by atoms with E-state index in [0.29, 0.717) is 5.69 Å². The van der Waals surface area contributed by atoms with Crippen LogP contribution in [0.3, 0.4) is 0 Å². The van der Waals surface area contributed by atoms with Crippen molar-refractivity contribution in [2.75, 3.05) is 7.05 Å². The van der Waals surface area contributed by atoms with Gasteiger partial charge in [0.1, 0.15) is 5.69 Å². The maximum absolute atomic E-state index is 14.2. The van der Waals surface area contributed by atoms with Gasteiger partial charge in [-0.05, 0) is 31.3 Å². The summed E-state index contributed by atoms with van der Waals surface area (Å²) in [4.78, 5) is 0.0175. The number of rotatable bonds is 5. The molecular formula is C17H15F2N3O2S.